The summed E-state index contributed by atoms with van der Waals surface area (Å²) in [7, 11) is 0. The van der Waals surface area contributed by atoms with Crippen molar-refractivity contribution < 1.29 is 0 Å². The number of aromatic nitrogens is 1. The normalized spacial score (nSPS) is 10.9. The van der Waals surface area contributed by atoms with Crippen LogP contribution in [0.1, 0.15) is 23.9 Å². The predicted molar refractivity (Wildman–Crippen MR) is 51.8 cm³/mol. The predicted octanol–water partition coefficient (Wildman–Crippen LogP) is 2.14. The van der Waals surface area contributed by atoms with E-state index in [0.717, 1.165) is 17.9 Å². The first-order valence-corrected chi connectivity index (χ1v) is 4.18. The third-order valence-electron chi connectivity index (χ3n) is 1.67. The SMILES string of the molecule is CCN=Cc1nc(C)ccc1C. The summed E-state index contributed by atoms with van der Waals surface area (Å²) >= 11 is 0. The van der Waals surface area contributed by atoms with Gasteiger partial charge in [0.2, 0.25) is 0 Å². The lowest BCUT2D eigenvalue weighted by atomic mass is 10.2. The highest BCUT2D eigenvalue weighted by atomic mass is 14.8. The molecule has 0 amide bonds. The highest BCUT2D eigenvalue weighted by Crippen LogP contribution is 2.03. The second-order valence-corrected chi connectivity index (χ2v) is 2.78. The Morgan fingerprint density at radius 3 is 2.83 bits per heavy atom. The van der Waals surface area contributed by atoms with Crippen molar-refractivity contribution >= 4 is 6.21 Å². The van der Waals surface area contributed by atoms with Gasteiger partial charge in [-0.3, -0.25) is 9.98 Å². The van der Waals surface area contributed by atoms with Gasteiger partial charge in [0.15, 0.2) is 0 Å². The van der Waals surface area contributed by atoms with Crippen LogP contribution in [0.25, 0.3) is 0 Å². The summed E-state index contributed by atoms with van der Waals surface area (Å²) in [6, 6.07) is 4.08. The first-order valence-electron chi connectivity index (χ1n) is 4.18. The zero-order valence-corrected chi connectivity index (χ0v) is 7.83. The van der Waals surface area contributed by atoms with Crippen LogP contribution >= 0.6 is 0 Å². The lowest BCUT2D eigenvalue weighted by Crippen LogP contribution is -1.94. The molecule has 0 radical (unpaired) electrons. The van der Waals surface area contributed by atoms with Crippen LogP contribution < -0.4 is 0 Å². The zero-order chi connectivity index (χ0) is 8.97. The van der Waals surface area contributed by atoms with Crippen LogP contribution in [0.4, 0.5) is 0 Å². The van der Waals surface area contributed by atoms with E-state index < -0.39 is 0 Å². The summed E-state index contributed by atoms with van der Waals surface area (Å²) < 4.78 is 0. The van der Waals surface area contributed by atoms with E-state index in [4.69, 9.17) is 0 Å². The molecule has 2 heteroatoms. The maximum atomic E-state index is 4.36. The van der Waals surface area contributed by atoms with Gasteiger partial charge in [-0.1, -0.05) is 6.07 Å². The largest absolute Gasteiger partial charge is 0.291 e. The maximum absolute atomic E-state index is 4.36. The molecule has 0 N–H and O–H groups in total. The summed E-state index contributed by atoms with van der Waals surface area (Å²) in [6.45, 7) is 6.86. The first-order chi connectivity index (χ1) is 5.74. The Morgan fingerprint density at radius 2 is 2.17 bits per heavy atom. The molecule has 64 valence electrons. The molecule has 0 spiro atoms. The van der Waals surface area contributed by atoms with Crippen molar-refractivity contribution in [3.05, 3.63) is 29.1 Å². The van der Waals surface area contributed by atoms with Crippen LogP contribution in [-0.4, -0.2) is 17.7 Å². The van der Waals surface area contributed by atoms with Crippen LogP contribution in [0.5, 0.6) is 0 Å². The Hall–Kier alpha value is -1.18. The number of pyridine rings is 1. The average Bonchev–Trinajstić information content (AvgIpc) is 2.07. The highest BCUT2D eigenvalue weighted by molar-refractivity contribution is 5.78. The standard InChI is InChI=1S/C10H14N2/c1-4-11-7-10-8(2)5-6-9(3)12-10/h5-7H,4H2,1-3H3. The Balaban J connectivity index is 2.97. The number of hydrogen-bond acceptors (Lipinski definition) is 2. The molecule has 0 aliphatic carbocycles. The molecule has 1 heterocycles. The van der Waals surface area contributed by atoms with Gasteiger partial charge in [-0.05, 0) is 32.4 Å². The molecule has 0 saturated carbocycles. The van der Waals surface area contributed by atoms with Crippen LogP contribution in [0, 0.1) is 13.8 Å². The molecule has 1 aromatic heterocycles. The van der Waals surface area contributed by atoms with Crippen LogP contribution in [0.15, 0.2) is 17.1 Å². The molecule has 0 aliphatic rings. The van der Waals surface area contributed by atoms with Gasteiger partial charge in [-0.15, -0.1) is 0 Å². The van der Waals surface area contributed by atoms with Gasteiger partial charge in [0, 0.05) is 18.5 Å². The Bertz CT molecular complexity index is 290. The second kappa shape index (κ2) is 4.00. The van der Waals surface area contributed by atoms with E-state index in [2.05, 4.69) is 16.0 Å². The van der Waals surface area contributed by atoms with E-state index >= 15 is 0 Å². The summed E-state index contributed by atoms with van der Waals surface area (Å²) in [4.78, 5) is 8.52. The topological polar surface area (TPSA) is 25.2 Å². The molecule has 0 fully saturated rings. The van der Waals surface area contributed by atoms with Crippen LogP contribution in [0.2, 0.25) is 0 Å². The number of aliphatic imine (C=N–C) groups is 1. The van der Waals surface area contributed by atoms with E-state index in [1.807, 2.05) is 33.1 Å². The molecule has 0 unspecified atom stereocenters. The van der Waals surface area contributed by atoms with Crippen molar-refractivity contribution in [1.29, 1.82) is 0 Å². The molecule has 0 saturated heterocycles. The van der Waals surface area contributed by atoms with Gasteiger partial charge in [0.1, 0.15) is 0 Å². The molecular formula is C10H14N2. The van der Waals surface area contributed by atoms with Crippen LogP contribution in [0.3, 0.4) is 0 Å². The quantitative estimate of drug-likeness (QED) is 0.611. The van der Waals surface area contributed by atoms with Crippen LogP contribution in [-0.2, 0) is 0 Å². The lowest BCUT2D eigenvalue weighted by Gasteiger charge is -1.99. The monoisotopic (exact) mass is 162 g/mol. The molecular weight excluding hydrogens is 148 g/mol. The van der Waals surface area contributed by atoms with Gasteiger partial charge in [0.25, 0.3) is 0 Å². The van der Waals surface area contributed by atoms with E-state index in [1.54, 1.807) is 0 Å². The fourth-order valence-corrected chi connectivity index (χ4v) is 0.955. The minimum atomic E-state index is 0.815. The van der Waals surface area contributed by atoms with E-state index in [-0.39, 0.29) is 0 Å². The second-order valence-electron chi connectivity index (χ2n) is 2.78. The molecule has 0 bridgehead atoms. The lowest BCUT2D eigenvalue weighted by molar-refractivity contribution is 1.11. The zero-order valence-electron chi connectivity index (χ0n) is 7.83. The summed E-state index contributed by atoms with van der Waals surface area (Å²) in [5.41, 5.74) is 3.20. The van der Waals surface area contributed by atoms with Crippen molar-refractivity contribution in [3.8, 4) is 0 Å². The van der Waals surface area contributed by atoms with E-state index in [0.29, 0.717) is 0 Å². The van der Waals surface area contributed by atoms with Crippen molar-refractivity contribution in [3.63, 3.8) is 0 Å². The molecule has 2 nitrogen and oxygen atoms in total. The van der Waals surface area contributed by atoms with Gasteiger partial charge < -0.3 is 0 Å². The summed E-state index contributed by atoms with van der Waals surface area (Å²) in [5, 5.41) is 0. The van der Waals surface area contributed by atoms with Gasteiger partial charge in [-0.25, -0.2) is 0 Å². The van der Waals surface area contributed by atoms with Crippen molar-refractivity contribution in [1.82, 2.24) is 4.98 Å². The molecule has 1 rings (SSSR count). The van der Waals surface area contributed by atoms with Crippen molar-refractivity contribution in [2.45, 2.75) is 20.8 Å². The van der Waals surface area contributed by atoms with E-state index in [9.17, 15) is 0 Å². The smallest absolute Gasteiger partial charge is 0.0840 e. The van der Waals surface area contributed by atoms with Gasteiger partial charge in [-0.2, -0.15) is 0 Å². The van der Waals surface area contributed by atoms with Crippen molar-refractivity contribution in [2.24, 2.45) is 4.99 Å². The fourth-order valence-electron chi connectivity index (χ4n) is 0.955. The fraction of sp³-hybridized carbons (Fsp3) is 0.400. The maximum Gasteiger partial charge on any atom is 0.0840 e. The molecule has 0 aliphatic heterocycles. The third kappa shape index (κ3) is 2.16. The first kappa shape index (κ1) is 8.91. The average molecular weight is 162 g/mol. The number of hydrogen-bond donors (Lipinski definition) is 0. The van der Waals surface area contributed by atoms with Gasteiger partial charge in [0.05, 0.1) is 5.69 Å². The Morgan fingerprint density at radius 1 is 1.42 bits per heavy atom. The summed E-state index contributed by atoms with van der Waals surface area (Å²) in [6.07, 6.45) is 1.84. The number of nitrogens with zero attached hydrogens (tertiary/aromatic N) is 2. The minimum Gasteiger partial charge on any atom is -0.291 e. The number of aryl methyl sites for hydroxylation is 2. The third-order valence-corrected chi connectivity index (χ3v) is 1.67. The molecule has 1 aromatic rings. The Labute approximate surface area is 73.4 Å². The molecule has 0 aromatic carbocycles. The molecule has 12 heavy (non-hydrogen) atoms. The van der Waals surface area contributed by atoms with E-state index in [1.165, 1.54) is 5.56 Å². The van der Waals surface area contributed by atoms with Crippen molar-refractivity contribution in [2.75, 3.05) is 6.54 Å². The molecule has 0 atom stereocenters. The minimum absolute atomic E-state index is 0.815. The Kier molecular flexibility index (Phi) is 2.97. The summed E-state index contributed by atoms with van der Waals surface area (Å²) in [5.74, 6) is 0. The highest BCUT2D eigenvalue weighted by Gasteiger charge is 1.95. The number of rotatable bonds is 2. The van der Waals surface area contributed by atoms with Gasteiger partial charge >= 0.3 is 0 Å².